The summed E-state index contributed by atoms with van der Waals surface area (Å²) in [5.74, 6) is 4.72. The molecular formula is C45H48. The molecule has 45 heavy (non-hydrogen) atoms. The van der Waals surface area contributed by atoms with E-state index in [0.29, 0.717) is 0 Å². The fourth-order valence-corrected chi connectivity index (χ4v) is 13.8. The van der Waals surface area contributed by atoms with Crippen LogP contribution in [0.2, 0.25) is 0 Å². The molecule has 0 spiro atoms. The molecule has 6 bridgehead atoms. The standard InChI is InChI=1S/C45H48/c1-3-7-31(8-4-1)43(33-11-12-34(43)14-13-33)37-19-23-39(24-20-37)45(41-27-28-42(45)30-29-41)40-25-21-38(22-26-40)44(32-9-5-2-6-10-32)35-15-16-36(44)18-17-35/h1-10,19-26,33-36,41-42H,11-18,27-30H2. The quantitative estimate of drug-likeness (QED) is 0.210. The zero-order chi connectivity index (χ0) is 29.6. The molecule has 0 saturated heterocycles. The van der Waals surface area contributed by atoms with E-state index >= 15 is 0 Å². The molecule has 228 valence electrons. The average molecular weight is 589 g/mol. The zero-order valence-corrected chi connectivity index (χ0v) is 26.8. The Morgan fingerprint density at radius 1 is 0.244 bits per heavy atom. The second-order valence-electron chi connectivity index (χ2n) is 16.1. The van der Waals surface area contributed by atoms with Crippen molar-refractivity contribution < 1.29 is 0 Å². The highest BCUT2D eigenvalue weighted by molar-refractivity contribution is 5.52. The maximum atomic E-state index is 2.62. The fourth-order valence-electron chi connectivity index (χ4n) is 13.8. The van der Waals surface area contributed by atoms with Crippen LogP contribution in [-0.4, -0.2) is 0 Å². The Morgan fingerprint density at radius 3 is 0.622 bits per heavy atom. The van der Waals surface area contributed by atoms with Crippen LogP contribution in [-0.2, 0) is 16.2 Å². The van der Waals surface area contributed by atoms with Gasteiger partial charge in [0.05, 0.1) is 0 Å². The Labute approximate surface area is 270 Å². The second-order valence-corrected chi connectivity index (χ2v) is 16.1. The van der Waals surface area contributed by atoms with E-state index < -0.39 is 0 Å². The van der Waals surface area contributed by atoms with Gasteiger partial charge in [-0.1, -0.05) is 109 Å². The molecule has 0 heteroatoms. The van der Waals surface area contributed by atoms with E-state index in [1.54, 1.807) is 33.4 Å². The first-order valence-electron chi connectivity index (χ1n) is 18.6. The average Bonchev–Trinajstić information content (AvgIpc) is 3.98. The highest BCUT2D eigenvalue weighted by Gasteiger charge is 2.59. The summed E-state index contributed by atoms with van der Waals surface area (Å²) < 4.78 is 0. The summed E-state index contributed by atoms with van der Waals surface area (Å²) in [5.41, 5.74) is 10.2. The summed E-state index contributed by atoms with van der Waals surface area (Å²) in [5, 5.41) is 0. The van der Waals surface area contributed by atoms with Crippen LogP contribution in [0.3, 0.4) is 0 Å². The minimum Gasteiger partial charge on any atom is -0.0622 e. The maximum absolute atomic E-state index is 2.62. The Bertz CT molecular complexity index is 1500. The van der Waals surface area contributed by atoms with Crippen LogP contribution in [0.25, 0.3) is 0 Å². The van der Waals surface area contributed by atoms with E-state index in [-0.39, 0.29) is 16.2 Å². The van der Waals surface area contributed by atoms with E-state index in [1.807, 2.05) is 0 Å². The molecule has 0 radical (unpaired) electrons. The van der Waals surface area contributed by atoms with Crippen LogP contribution in [0.4, 0.5) is 0 Å². The topological polar surface area (TPSA) is 0 Å². The summed E-state index contributed by atoms with van der Waals surface area (Å²) in [6, 6.07) is 44.1. The van der Waals surface area contributed by atoms with Gasteiger partial charge in [0, 0.05) is 16.2 Å². The first-order chi connectivity index (χ1) is 22.3. The lowest BCUT2D eigenvalue weighted by Gasteiger charge is -2.40. The normalized spacial score (nSPS) is 39.2. The van der Waals surface area contributed by atoms with Crippen molar-refractivity contribution in [1.82, 2.24) is 0 Å². The Morgan fingerprint density at radius 2 is 0.422 bits per heavy atom. The van der Waals surface area contributed by atoms with E-state index in [2.05, 4.69) is 109 Å². The van der Waals surface area contributed by atoms with Crippen LogP contribution >= 0.6 is 0 Å². The van der Waals surface area contributed by atoms with Gasteiger partial charge in [-0.3, -0.25) is 0 Å². The largest absolute Gasteiger partial charge is 0.0622 e. The van der Waals surface area contributed by atoms with E-state index in [4.69, 9.17) is 0 Å². The van der Waals surface area contributed by atoms with E-state index in [0.717, 1.165) is 35.5 Å². The summed E-state index contributed by atoms with van der Waals surface area (Å²) >= 11 is 0. The molecule has 6 saturated carbocycles. The van der Waals surface area contributed by atoms with Crippen molar-refractivity contribution in [1.29, 1.82) is 0 Å². The maximum Gasteiger partial charge on any atom is 0.0259 e. The van der Waals surface area contributed by atoms with Gasteiger partial charge in [-0.25, -0.2) is 0 Å². The van der Waals surface area contributed by atoms with Crippen LogP contribution < -0.4 is 0 Å². The molecule has 0 heterocycles. The van der Waals surface area contributed by atoms with Crippen molar-refractivity contribution in [2.45, 2.75) is 93.3 Å². The zero-order valence-electron chi connectivity index (χ0n) is 26.8. The van der Waals surface area contributed by atoms with Gasteiger partial charge in [0.1, 0.15) is 0 Å². The summed E-state index contributed by atoms with van der Waals surface area (Å²) in [6.45, 7) is 0. The SMILES string of the molecule is c1ccc(C2(c3ccc(C4(c5ccc(C6(c7ccccc7)C7CCC6CC7)cc5)C5CCC4CC5)cc3)C3CCC2CC3)cc1. The highest BCUT2D eigenvalue weighted by atomic mass is 14.6. The number of fused-ring (bicyclic) bond motifs is 6. The van der Waals surface area contributed by atoms with Gasteiger partial charge in [0.2, 0.25) is 0 Å². The van der Waals surface area contributed by atoms with Gasteiger partial charge >= 0.3 is 0 Å². The number of hydrogen-bond acceptors (Lipinski definition) is 0. The predicted molar refractivity (Wildman–Crippen MR) is 184 cm³/mol. The van der Waals surface area contributed by atoms with Gasteiger partial charge in [-0.05, 0) is 146 Å². The van der Waals surface area contributed by atoms with Crippen LogP contribution in [0.1, 0.15) is 110 Å². The molecule has 0 aliphatic heterocycles. The molecule has 0 amide bonds. The summed E-state index contributed by atoms with van der Waals surface area (Å²) in [6.07, 6.45) is 16.7. The Balaban J connectivity index is 1.07. The van der Waals surface area contributed by atoms with Crippen molar-refractivity contribution in [3.8, 4) is 0 Å². The smallest absolute Gasteiger partial charge is 0.0259 e. The fraction of sp³-hybridized carbons (Fsp3) is 0.467. The Kier molecular flexibility index (Phi) is 5.97. The molecule has 0 unspecified atom stereocenters. The summed E-state index contributed by atoms with van der Waals surface area (Å²) in [4.78, 5) is 0. The van der Waals surface area contributed by atoms with Crippen LogP contribution in [0.5, 0.6) is 0 Å². The third-order valence-corrected chi connectivity index (χ3v) is 15.2. The number of hydrogen-bond donors (Lipinski definition) is 0. The second kappa shape index (κ2) is 9.94. The first kappa shape index (κ1) is 27.0. The minimum atomic E-state index is 0.181. The Hall–Kier alpha value is -3.12. The number of benzene rings is 4. The van der Waals surface area contributed by atoms with Crippen molar-refractivity contribution in [2.24, 2.45) is 35.5 Å². The molecule has 6 aliphatic rings. The van der Waals surface area contributed by atoms with Crippen molar-refractivity contribution in [3.05, 3.63) is 143 Å². The lowest BCUT2D eigenvalue weighted by Crippen LogP contribution is -2.36. The van der Waals surface area contributed by atoms with Crippen LogP contribution in [0.15, 0.2) is 109 Å². The van der Waals surface area contributed by atoms with Gasteiger partial charge in [0.25, 0.3) is 0 Å². The molecule has 4 aromatic rings. The third kappa shape index (κ3) is 3.40. The van der Waals surface area contributed by atoms with Gasteiger partial charge < -0.3 is 0 Å². The molecule has 10 rings (SSSR count). The van der Waals surface area contributed by atoms with Crippen molar-refractivity contribution in [2.75, 3.05) is 0 Å². The molecule has 0 nitrogen and oxygen atoms in total. The van der Waals surface area contributed by atoms with Crippen molar-refractivity contribution >= 4 is 0 Å². The monoisotopic (exact) mass is 588 g/mol. The molecular weight excluding hydrogens is 540 g/mol. The lowest BCUT2D eigenvalue weighted by molar-refractivity contribution is 0.379. The molecule has 4 aromatic carbocycles. The molecule has 6 aliphatic carbocycles. The first-order valence-corrected chi connectivity index (χ1v) is 18.6. The minimum absolute atomic E-state index is 0.181. The van der Waals surface area contributed by atoms with Gasteiger partial charge in [-0.2, -0.15) is 0 Å². The molecule has 0 aromatic heterocycles. The van der Waals surface area contributed by atoms with E-state index in [1.165, 1.54) is 77.0 Å². The van der Waals surface area contributed by atoms with Gasteiger partial charge in [0.15, 0.2) is 0 Å². The third-order valence-electron chi connectivity index (χ3n) is 15.2. The highest BCUT2D eigenvalue weighted by Crippen LogP contribution is 2.66. The van der Waals surface area contributed by atoms with Crippen molar-refractivity contribution in [3.63, 3.8) is 0 Å². The predicted octanol–water partition coefficient (Wildman–Crippen LogP) is 11.0. The van der Waals surface area contributed by atoms with Crippen LogP contribution in [0, 0.1) is 35.5 Å². The number of rotatable bonds is 6. The van der Waals surface area contributed by atoms with Gasteiger partial charge in [-0.15, -0.1) is 0 Å². The molecule has 6 fully saturated rings. The summed E-state index contributed by atoms with van der Waals surface area (Å²) in [7, 11) is 0. The van der Waals surface area contributed by atoms with E-state index in [9.17, 15) is 0 Å². The lowest BCUT2D eigenvalue weighted by atomic mass is 9.63. The molecule has 0 N–H and O–H groups in total. The molecule has 0 atom stereocenters.